The van der Waals surface area contributed by atoms with E-state index in [-0.39, 0.29) is 0 Å². The molecule has 2 rings (SSSR count). The van der Waals surface area contributed by atoms with Crippen LogP contribution in [0.2, 0.25) is 0 Å². The number of hydrogen-bond donors (Lipinski definition) is 2. The highest BCUT2D eigenvalue weighted by atomic mass is 16.5. The SMILES string of the molecule is C=C(CC1(O)CCCCC1)CC1(O)CCOCC1. The van der Waals surface area contributed by atoms with Gasteiger partial charge in [0.05, 0.1) is 11.2 Å². The maximum absolute atomic E-state index is 10.5. The minimum atomic E-state index is -0.652. The summed E-state index contributed by atoms with van der Waals surface area (Å²) < 4.78 is 5.28. The number of ether oxygens (including phenoxy) is 1. The van der Waals surface area contributed by atoms with Crippen molar-refractivity contribution in [3.05, 3.63) is 12.2 Å². The molecule has 0 aromatic rings. The van der Waals surface area contributed by atoms with E-state index in [2.05, 4.69) is 6.58 Å². The molecule has 2 N–H and O–H groups in total. The molecule has 1 saturated heterocycles. The Hall–Kier alpha value is -0.380. The molecule has 0 radical (unpaired) electrons. The Morgan fingerprint density at radius 2 is 1.39 bits per heavy atom. The quantitative estimate of drug-likeness (QED) is 0.758. The van der Waals surface area contributed by atoms with Crippen LogP contribution in [0.25, 0.3) is 0 Å². The van der Waals surface area contributed by atoms with Crippen LogP contribution in [-0.4, -0.2) is 34.6 Å². The van der Waals surface area contributed by atoms with Crippen LogP contribution in [0.3, 0.4) is 0 Å². The highest BCUT2D eigenvalue weighted by molar-refractivity contribution is 5.07. The van der Waals surface area contributed by atoms with Crippen molar-refractivity contribution >= 4 is 0 Å². The van der Waals surface area contributed by atoms with Gasteiger partial charge in [0.25, 0.3) is 0 Å². The zero-order chi connectivity index (χ0) is 13.1. The van der Waals surface area contributed by atoms with E-state index in [1.54, 1.807) is 0 Å². The molecular weight excluding hydrogens is 228 g/mol. The average Bonchev–Trinajstić information content (AvgIpc) is 2.29. The lowest BCUT2D eigenvalue weighted by Crippen LogP contribution is -2.38. The Balaban J connectivity index is 1.83. The Morgan fingerprint density at radius 1 is 0.889 bits per heavy atom. The molecule has 18 heavy (non-hydrogen) atoms. The molecule has 104 valence electrons. The second kappa shape index (κ2) is 5.72. The van der Waals surface area contributed by atoms with Gasteiger partial charge < -0.3 is 14.9 Å². The first-order valence-corrected chi connectivity index (χ1v) is 7.21. The van der Waals surface area contributed by atoms with E-state index >= 15 is 0 Å². The molecular formula is C15H26O3. The van der Waals surface area contributed by atoms with Crippen LogP contribution in [0.4, 0.5) is 0 Å². The number of hydrogen-bond acceptors (Lipinski definition) is 3. The fraction of sp³-hybridized carbons (Fsp3) is 0.867. The zero-order valence-electron chi connectivity index (χ0n) is 11.3. The first kappa shape index (κ1) is 14.0. The fourth-order valence-corrected chi connectivity index (χ4v) is 3.31. The van der Waals surface area contributed by atoms with Crippen LogP contribution in [0.1, 0.15) is 57.8 Å². The molecule has 3 nitrogen and oxygen atoms in total. The standard InChI is InChI=1S/C15H26O3/c1-13(11-14(16)5-3-2-4-6-14)12-15(17)7-9-18-10-8-15/h16-17H,1-12H2. The third-order valence-corrected chi connectivity index (χ3v) is 4.37. The smallest absolute Gasteiger partial charge is 0.0728 e. The van der Waals surface area contributed by atoms with E-state index in [9.17, 15) is 10.2 Å². The first-order chi connectivity index (χ1) is 8.52. The maximum Gasteiger partial charge on any atom is 0.0728 e. The molecule has 0 bridgehead atoms. The molecule has 0 amide bonds. The molecule has 1 saturated carbocycles. The summed E-state index contributed by atoms with van der Waals surface area (Å²) in [7, 11) is 0. The van der Waals surface area contributed by atoms with Gasteiger partial charge in [0, 0.05) is 13.2 Å². The van der Waals surface area contributed by atoms with Gasteiger partial charge in [-0.2, -0.15) is 0 Å². The summed E-state index contributed by atoms with van der Waals surface area (Å²) in [5.74, 6) is 0. The van der Waals surface area contributed by atoms with Crippen molar-refractivity contribution in [2.45, 2.75) is 69.0 Å². The van der Waals surface area contributed by atoms with E-state index in [0.29, 0.717) is 38.9 Å². The number of rotatable bonds is 4. The molecule has 0 aromatic carbocycles. The van der Waals surface area contributed by atoms with Crippen molar-refractivity contribution in [2.75, 3.05) is 13.2 Å². The van der Waals surface area contributed by atoms with E-state index in [1.807, 2.05) is 0 Å². The topological polar surface area (TPSA) is 49.7 Å². The predicted molar refractivity (Wildman–Crippen MR) is 71.4 cm³/mol. The van der Waals surface area contributed by atoms with Crippen LogP contribution in [0.15, 0.2) is 12.2 Å². The summed E-state index contributed by atoms with van der Waals surface area (Å²) >= 11 is 0. The Bertz CT molecular complexity index is 258. The van der Waals surface area contributed by atoms with Crippen LogP contribution >= 0.6 is 0 Å². The summed E-state index contributed by atoms with van der Waals surface area (Å²) in [5.41, 5.74) is -0.221. The van der Waals surface area contributed by atoms with Crippen LogP contribution < -0.4 is 0 Å². The highest BCUT2D eigenvalue weighted by Gasteiger charge is 2.34. The van der Waals surface area contributed by atoms with Crippen molar-refractivity contribution in [2.24, 2.45) is 0 Å². The fourth-order valence-electron chi connectivity index (χ4n) is 3.31. The van der Waals surface area contributed by atoms with Gasteiger partial charge in [-0.15, -0.1) is 0 Å². The van der Waals surface area contributed by atoms with Crippen molar-refractivity contribution in [1.29, 1.82) is 0 Å². The van der Waals surface area contributed by atoms with Crippen molar-refractivity contribution in [1.82, 2.24) is 0 Å². The molecule has 0 unspecified atom stereocenters. The lowest BCUT2D eigenvalue weighted by atomic mass is 9.78. The minimum absolute atomic E-state index is 0.559. The molecule has 3 heteroatoms. The van der Waals surface area contributed by atoms with Gasteiger partial charge in [-0.3, -0.25) is 0 Å². The van der Waals surface area contributed by atoms with Crippen molar-refractivity contribution in [3.63, 3.8) is 0 Å². The normalized spacial score (nSPS) is 26.8. The average molecular weight is 254 g/mol. The Morgan fingerprint density at radius 3 is 1.94 bits per heavy atom. The summed E-state index contributed by atoms with van der Waals surface area (Å²) in [6.45, 7) is 5.34. The van der Waals surface area contributed by atoms with Crippen molar-refractivity contribution < 1.29 is 14.9 Å². The third kappa shape index (κ3) is 3.81. The molecule has 0 aromatic heterocycles. The molecule has 0 spiro atoms. The second-order valence-corrected chi connectivity index (χ2v) is 6.23. The third-order valence-electron chi connectivity index (χ3n) is 4.37. The van der Waals surface area contributed by atoms with E-state index in [1.165, 1.54) is 6.42 Å². The molecule has 1 heterocycles. The molecule has 2 aliphatic rings. The molecule has 1 aliphatic carbocycles. The summed E-state index contributed by atoms with van der Waals surface area (Å²) in [4.78, 5) is 0. The van der Waals surface area contributed by atoms with Crippen LogP contribution in [0, 0.1) is 0 Å². The van der Waals surface area contributed by atoms with Crippen LogP contribution in [-0.2, 0) is 4.74 Å². The van der Waals surface area contributed by atoms with Gasteiger partial charge in [-0.05, 0) is 38.5 Å². The summed E-state index contributed by atoms with van der Waals surface area (Å²) in [6, 6.07) is 0. The van der Waals surface area contributed by atoms with Gasteiger partial charge >= 0.3 is 0 Å². The maximum atomic E-state index is 10.5. The van der Waals surface area contributed by atoms with Gasteiger partial charge in [-0.25, -0.2) is 0 Å². The summed E-state index contributed by atoms with van der Waals surface area (Å²) in [6.07, 6.45) is 7.85. The second-order valence-electron chi connectivity index (χ2n) is 6.23. The van der Waals surface area contributed by atoms with Gasteiger partial charge in [0.2, 0.25) is 0 Å². The monoisotopic (exact) mass is 254 g/mol. The predicted octanol–water partition coefficient (Wildman–Crippen LogP) is 2.56. The van der Waals surface area contributed by atoms with Gasteiger partial charge in [0.15, 0.2) is 0 Å². The molecule has 2 fully saturated rings. The lowest BCUT2D eigenvalue weighted by Gasteiger charge is -2.36. The summed E-state index contributed by atoms with van der Waals surface area (Å²) in [5, 5.41) is 20.9. The lowest BCUT2D eigenvalue weighted by molar-refractivity contribution is -0.0650. The van der Waals surface area contributed by atoms with E-state index in [0.717, 1.165) is 31.3 Å². The van der Waals surface area contributed by atoms with E-state index in [4.69, 9.17) is 4.74 Å². The van der Waals surface area contributed by atoms with Crippen LogP contribution in [0.5, 0.6) is 0 Å². The Kier molecular flexibility index (Phi) is 4.46. The largest absolute Gasteiger partial charge is 0.390 e. The molecule has 0 atom stereocenters. The van der Waals surface area contributed by atoms with Gasteiger partial charge in [0.1, 0.15) is 0 Å². The van der Waals surface area contributed by atoms with E-state index < -0.39 is 11.2 Å². The van der Waals surface area contributed by atoms with Crippen molar-refractivity contribution in [3.8, 4) is 0 Å². The number of aliphatic hydroxyl groups is 2. The molecule has 1 aliphatic heterocycles. The van der Waals surface area contributed by atoms with Gasteiger partial charge in [-0.1, -0.05) is 31.4 Å². The Labute approximate surface area is 110 Å². The first-order valence-electron chi connectivity index (χ1n) is 7.21. The zero-order valence-corrected chi connectivity index (χ0v) is 11.3. The minimum Gasteiger partial charge on any atom is -0.390 e. The highest BCUT2D eigenvalue weighted by Crippen LogP contribution is 2.36.